The van der Waals surface area contributed by atoms with Crippen molar-refractivity contribution in [2.45, 2.75) is 13.1 Å². The highest BCUT2D eigenvalue weighted by Gasteiger charge is 1.85. The lowest BCUT2D eigenvalue weighted by atomic mass is 11.7. The van der Waals surface area contributed by atoms with Crippen LogP contribution in [0.25, 0.3) is 0 Å². The Morgan fingerprint density at radius 1 is 1.60 bits per heavy atom. The van der Waals surface area contributed by atoms with Crippen molar-refractivity contribution in [3.63, 3.8) is 0 Å². The van der Waals surface area contributed by atoms with Crippen LogP contribution >= 0.6 is 0 Å². The summed E-state index contributed by atoms with van der Waals surface area (Å²) >= 11 is 0. The van der Waals surface area contributed by atoms with Gasteiger partial charge in [0.25, 0.3) is 0 Å². The van der Waals surface area contributed by atoms with Crippen molar-refractivity contribution >= 4 is 8.80 Å². The molecule has 0 aliphatic heterocycles. The van der Waals surface area contributed by atoms with Crippen molar-refractivity contribution in [3.8, 4) is 0 Å². The maximum atomic E-state index is 8.19. The summed E-state index contributed by atoms with van der Waals surface area (Å²) in [5.41, 5.74) is 0. The molecule has 0 fully saturated rings. The minimum atomic E-state index is -0.318. The van der Waals surface area contributed by atoms with Crippen molar-refractivity contribution < 1.29 is 5.11 Å². The Hall–Kier alpha value is 0.177. The molecule has 31 valence electrons. The summed E-state index contributed by atoms with van der Waals surface area (Å²) in [5, 5.41) is 8.19. The topological polar surface area (TPSA) is 20.2 Å². The Morgan fingerprint density at radius 2 is 1.80 bits per heavy atom. The van der Waals surface area contributed by atoms with Crippen LogP contribution in [0.2, 0.25) is 13.1 Å². The predicted octanol–water partition coefficient (Wildman–Crippen LogP) is 0.272. The SMILES string of the molecule is C[Si](C)CO. The first-order valence-corrected chi connectivity index (χ1v) is 4.38. The van der Waals surface area contributed by atoms with Crippen molar-refractivity contribution in [2.24, 2.45) is 0 Å². The van der Waals surface area contributed by atoms with E-state index in [2.05, 4.69) is 13.1 Å². The number of aliphatic hydroxyl groups excluding tert-OH is 1. The summed E-state index contributed by atoms with van der Waals surface area (Å²) in [7, 11) is -0.318. The third-order valence-corrected chi connectivity index (χ3v) is 0.949. The monoisotopic (exact) mass is 89.0 g/mol. The lowest BCUT2D eigenvalue weighted by Gasteiger charge is -1.86. The molecule has 0 amide bonds. The van der Waals surface area contributed by atoms with E-state index in [0.29, 0.717) is 6.23 Å². The average molecular weight is 89.2 g/mol. The number of hydrogen-bond donors (Lipinski definition) is 1. The zero-order chi connectivity index (χ0) is 4.28. The third-order valence-electron chi connectivity index (χ3n) is 0.316. The van der Waals surface area contributed by atoms with Crippen molar-refractivity contribution in [2.75, 3.05) is 6.23 Å². The lowest BCUT2D eigenvalue weighted by Crippen LogP contribution is -2.05. The maximum Gasteiger partial charge on any atom is 0.0737 e. The molecular weight excluding hydrogens is 80.1 g/mol. The highest BCUT2D eigenvalue weighted by Crippen LogP contribution is 1.69. The molecule has 0 spiro atoms. The van der Waals surface area contributed by atoms with E-state index >= 15 is 0 Å². The molecule has 0 aromatic rings. The molecule has 0 aliphatic rings. The molecule has 2 heteroatoms. The molecule has 0 saturated heterocycles. The van der Waals surface area contributed by atoms with Crippen molar-refractivity contribution in [3.05, 3.63) is 0 Å². The summed E-state index contributed by atoms with van der Waals surface area (Å²) in [6.45, 7) is 4.15. The number of hydrogen-bond acceptors (Lipinski definition) is 1. The molecule has 0 atom stereocenters. The van der Waals surface area contributed by atoms with E-state index < -0.39 is 0 Å². The van der Waals surface area contributed by atoms with Gasteiger partial charge in [-0.05, 0) is 0 Å². The fourth-order valence-corrected chi connectivity index (χ4v) is 0. The van der Waals surface area contributed by atoms with E-state index in [1.807, 2.05) is 0 Å². The van der Waals surface area contributed by atoms with Crippen LogP contribution in [-0.2, 0) is 0 Å². The first-order chi connectivity index (χ1) is 2.27. The highest BCUT2D eigenvalue weighted by atomic mass is 28.3. The van der Waals surface area contributed by atoms with Gasteiger partial charge in [-0.2, -0.15) is 0 Å². The van der Waals surface area contributed by atoms with Crippen LogP contribution in [-0.4, -0.2) is 20.1 Å². The predicted molar refractivity (Wildman–Crippen MR) is 24.6 cm³/mol. The standard InChI is InChI=1S/C3H9OSi/c1-5(2)3-4/h4H,3H2,1-2H3. The summed E-state index contributed by atoms with van der Waals surface area (Å²) in [5.74, 6) is 0. The van der Waals surface area contributed by atoms with Gasteiger partial charge in [-0.1, -0.05) is 13.1 Å². The molecule has 0 aromatic carbocycles. The summed E-state index contributed by atoms with van der Waals surface area (Å²) in [4.78, 5) is 0. The van der Waals surface area contributed by atoms with Gasteiger partial charge in [-0.25, -0.2) is 0 Å². The van der Waals surface area contributed by atoms with Gasteiger partial charge < -0.3 is 5.11 Å². The van der Waals surface area contributed by atoms with Gasteiger partial charge in [-0.15, -0.1) is 0 Å². The van der Waals surface area contributed by atoms with Gasteiger partial charge in [0.1, 0.15) is 0 Å². The second-order valence-corrected chi connectivity index (χ2v) is 4.10. The quantitative estimate of drug-likeness (QED) is 0.457. The molecule has 0 heterocycles. The molecule has 0 aromatic heterocycles. The number of rotatable bonds is 1. The minimum Gasteiger partial charge on any atom is -0.400 e. The van der Waals surface area contributed by atoms with E-state index in [1.165, 1.54) is 0 Å². The Bertz CT molecular complexity index is 20.9. The Morgan fingerprint density at radius 3 is 1.80 bits per heavy atom. The second kappa shape index (κ2) is 2.42. The number of aliphatic hydroxyl groups is 1. The average Bonchev–Trinajstić information content (AvgIpc) is 1.38. The molecule has 0 saturated carbocycles. The van der Waals surface area contributed by atoms with Crippen LogP contribution in [0.15, 0.2) is 0 Å². The molecule has 0 aliphatic carbocycles. The molecule has 0 bridgehead atoms. The van der Waals surface area contributed by atoms with Crippen LogP contribution in [0.3, 0.4) is 0 Å². The minimum absolute atomic E-state index is 0.318. The van der Waals surface area contributed by atoms with Crippen LogP contribution in [0.5, 0.6) is 0 Å². The molecule has 0 unspecified atom stereocenters. The zero-order valence-electron chi connectivity index (χ0n) is 3.65. The van der Waals surface area contributed by atoms with Crippen LogP contribution < -0.4 is 0 Å². The first kappa shape index (κ1) is 5.18. The Labute approximate surface area is 34.2 Å². The zero-order valence-corrected chi connectivity index (χ0v) is 4.65. The van der Waals surface area contributed by atoms with Crippen LogP contribution in [0, 0.1) is 0 Å². The fraction of sp³-hybridized carbons (Fsp3) is 1.00. The van der Waals surface area contributed by atoms with Gasteiger partial charge in [0.2, 0.25) is 0 Å². The van der Waals surface area contributed by atoms with Gasteiger partial charge in [0, 0.05) is 6.23 Å². The lowest BCUT2D eigenvalue weighted by molar-refractivity contribution is 0.363. The largest absolute Gasteiger partial charge is 0.400 e. The normalized spacial score (nSPS) is 9.60. The maximum absolute atomic E-state index is 8.19. The molecule has 5 heavy (non-hydrogen) atoms. The molecule has 1 radical (unpaired) electrons. The van der Waals surface area contributed by atoms with Gasteiger partial charge >= 0.3 is 0 Å². The van der Waals surface area contributed by atoms with E-state index in [-0.39, 0.29) is 8.80 Å². The van der Waals surface area contributed by atoms with Gasteiger partial charge in [0.15, 0.2) is 0 Å². The molecular formula is C3H9OSi. The summed E-state index contributed by atoms with van der Waals surface area (Å²) in [6, 6.07) is 0. The molecule has 0 rings (SSSR count). The van der Waals surface area contributed by atoms with Gasteiger partial charge in [-0.3, -0.25) is 0 Å². The summed E-state index contributed by atoms with van der Waals surface area (Å²) in [6.07, 6.45) is 0.407. The van der Waals surface area contributed by atoms with Crippen molar-refractivity contribution in [1.29, 1.82) is 0 Å². The van der Waals surface area contributed by atoms with Crippen molar-refractivity contribution in [1.82, 2.24) is 0 Å². The summed E-state index contributed by atoms with van der Waals surface area (Å²) < 4.78 is 0. The third kappa shape index (κ3) is 4.18. The van der Waals surface area contributed by atoms with E-state index in [4.69, 9.17) is 5.11 Å². The van der Waals surface area contributed by atoms with Gasteiger partial charge in [0.05, 0.1) is 8.80 Å². The first-order valence-electron chi connectivity index (χ1n) is 1.67. The smallest absolute Gasteiger partial charge is 0.0737 e. The van der Waals surface area contributed by atoms with Crippen LogP contribution in [0.4, 0.5) is 0 Å². The molecule has 1 N–H and O–H groups in total. The van der Waals surface area contributed by atoms with E-state index in [0.717, 1.165) is 0 Å². The second-order valence-electron chi connectivity index (χ2n) is 1.37. The fourth-order valence-electron chi connectivity index (χ4n) is 0. The highest BCUT2D eigenvalue weighted by molar-refractivity contribution is 6.55. The molecule has 1 nitrogen and oxygen atoms in total. The Balaban J connectivity index is 2.54. The van der Waals surface area contributed by atoms with Crippen LogP contribution in [0.1, 0.15) is 0 Å². The Kier molecular flexibility index (Phi) is 2.50. The van der Waals surface area contributed by atoms with E-state index in [1.54, 1.807) is 0 Å². The van der Waals surface area contributed by atoms with E-state index in [9.17, 15) is 0 Å².